The summed E-state index contributed by atoms with van der Waals surface area (Å²) in [6, 6.07) is 25.1. The van der Waals surface area contributed by atoms with Crippen molar-refractivity contribution in [3.05, 3.63) is 84.4 Å². The van der Waals surface area contributed by atoms with Gasteiger partial charge in [0.1, 0.15) is 23.3 Å². The summed E-state index contributed by atoms with van der Waals surface area (Å²) in [4.78, 5) is 73.2. The molecule has 11 rings (SSSR count). The summed E-state index contributed by atoms with van der Waals surface area (Å²) in [5.74, 6) is 3.15. The van der Waals surface area contributed by atoms with Crippen LogP contribution in [0.25, 0.3) is 66.9 Å². The van der Waals surface area contributed by atoms with Crippen molar-refractivity contribution in [3.63, 3.8) is 0 Å². The maximum Gasteiger partial charge on any atom is 0.220 e. The molecule has 3 fully saturated rings. The Morgan fingerprint density at radius 2 is 0.857 bits per heavy atom. The number of rotatable bonds is 16. The molecular formula is C52H64N16O2. The van der Waals surface area contributed by atoms with Gasteiger partial charge in [-0.05, 0) is 113 Å². The van der Waals surface area contributed by atoms with Crippen LogP contribution in [0.5, 0.6) is 0 Å². The normalized spacial score (nSPS) is 16.9. The van der Waals surface area contributed by atoms with Gasteiger partial charge >= 0.3 is 0 Å². The number of nitrogens with one attached hydrogen (secondary N) is 6. The van der Waals surface area contributed by atoms with Crippen LogP contribution in [0.4, 0.5) is 11.4 Å². The van der Waals surface area contributed by atoms with Crippen molar-refractivity contribution in [2.24, 2.45) is 0 Å². The van der Waals surface area contributed by atoms with E-state index in [0.29, 0.717) is 25.9 Å². The van der Waals surface area contributed by atoms with Crippen molar-refractivity contribution in [1.29, 1.82) is 0 Å². The lowest BCUT2D eigenvalue weighted by atomic mass is 10.2. The lowest BCUT2D eigenvalue weighted by Crippen LogP contribution is -2.47. The number of benzene rings is 4. The number of fused-ring (bicyclic) bond motifs is 4. The SMILES string of the molecule is CN1CCN(c2ccc3nc(-c4ccc5nc(CNC(=O)CCCN6CCN(CCCC(=O)NCc7nc8ccc(-c9nc%10ccc(N%11CCN(C)CC%11)cc%10[nH]9)cc8[nH]7)CC6)[nH]c5c4)[nH]c3c2)CC1. The first-order valence-electron chi connectivity index (χ1n) is 25.0. The number of anilines is 2. The smallest absolute Gasteiger partial charge is 0.220 e. The van der Waals surface area contributed by atoms with E-state index in [2.05, 4.69) is 123 Å². The third kappa shape index (κ3) is 10.5. The van der Waals surface area contributed by atoms with Crippen molar-refractivity contribution < 1.29 is 9.59 Å². The minimum absolute atomic E-state index is 0.0277. The Morgan fingerprint density at radius 1 is 0.471 bits per heavy atom. The van der Waals surface area contributed by atoms with E-state index in [9.17, 15) is 9.59 Å². The summed E-state index contributed by atoms with van der Waals surface area (Å²) in [6.45, 7) is 14.7. The molecule has 18 heteroatoms. The topological polar surface area (TPSA) is 192 Å². The summed E-state index contributed by atoms with van der Waals surface area (Å²) in [5, 5.41) is 6.11. The second-order valence-corrected chi connectivity index (χ2v) is 19.4. The number of amides is 2. The van der Waals surface area contributed by atoms with E-state index in [1.54, 1.807) is 0 Å². The molecule has 364 valence electrons. The predicted molar refractivity (Wildman–Crippen MR) is 277 cm³/mol. The van der Waals surface area contributed by atoms with Gasteiger partial charge in [-0.15, -0.1) is 0 Å². The molecule has 7 heterocycles. The van der Waals surface area contributed by atoms with Crippen molar-refractivity contribution in [2.75, 3.05) is 116 Å². The summed E-state index contributed by atoms with van der Waals surface area (Å²) in [7, 11) is 4.35. The molecule has 3 aliphatic rings. The highest BCUT2D eigenvalue weighted by molar-refractivity contribution is 5.87. The lowest BCUT2D eigenvalue weighted by molar-refractivity contribution is -0.122. The molecule has 18 nitrogen and oxygen atoms in total. The maximum absolute atomic E-state index is 12.8. The van der Waals surface area contributed by atoms with Gasteiger partial charge in [-0.2, -0.15) is 0 Å². The molecule has 0 radical (unpaired) electrons. The Hall–Kier alpha value is -6.86. The Balaban J connectivity index is 0.569. The highest BCUT2D eigenvalue weighted by atomic mass is 16.2. The number of likely N-dealkylation sites (N-methyl/N-ethyl adjacent to an activating group) is 2. The largest absolute Gasteiger partial charge is 0.369 e. The molecule has 0 bridgehead atoms. The summed E-state index contributed by atoms with van der Waals surface area (Å²) in [5.41, 5.74) is 11.9. The monoisotopic (exact) mass is 945 g/mol. The average molecular weight is 945 g/mol. The third-order valence-corrected chi connectivity index (χ3v) is 14.4. The van der Waals surface area contributed by atoms with Gasteiger partial charge in [0.2, 0.25) is 11.8 Å². The van der Waals surface area contributed by atoms with E-state index in [1.165, 1.54) is 11.4 Å². The number of carbonyl (C=O) groups excluding carboxylic acids is 2. The molecule has 70 heavy (non-hydrogen) atoms. The molecule has 0 atom stereocenters. The van der Waals surface area contributed by atoms with Gasteiger partial charge in [-0.3, -0.25) is 9.59 Å². The van der Waals surface area contributed by atoms with Crippen LogP contribution in [0.2, 0.25) is 0 Å². The molecule has 6 N–H and O–H groups in total. The first kappa shape index (κ1) is 45.6. The number of H-pyrrole nitrogens is 4. The molecular weight excluding hydrogens is 881 g/mol. The fourth-order valence-electron chi connectivity index (χ4n) is 10.1. The number of imidazole rings is 4. The average Bonchev–Trinajstić information content (AvgIpc) is 4.20. The van der Waals surface area contributed by atoms with Gasteiger partial charge < -0.3 is 60.0 Å². The maximum atomic E-state index is 12.8. The van der Waals surface area contributed by atoms with Crippen molar-refractivity contribution in [1.82, 2.24) is 70.1 Å². The van der Waals surface area contributed by atoms with Gasteiger partial charge in [0.15, 0.2) is 0 Å². The van der Waals surface area contributed by atoms with Crippen LogP contribution in [0, 0.1) is 0 Å². The quantitative estimate of drug-likeness (QED) is 0.0749. The Labute approximate surface area is 407 Å². The van der Waals surface area contributed by atoms with Crippen LogP contribution in [0.15, 0.2) is 72.8 Å². The standard InChI is InChI=1S/C52H64N16O2/c1-63-17-25-67(26-18-63)37-9-13-41-45(31-37)61-51(59-41)35-7-11-39-43(29-35)57-47(55-39)33-53-49(69)5-3-15-65-21-23-66(24-22-65)16-4-6-50(70)54-34-48-56-40-12-8-36(30-44(40)58-48)52-60-42-14-10-38(32-46(42)62-52)68-27-19-64(2)20-28-68/h7-14,29-32H,3-6,15-28,33-34H2,1-2H3,(H,53,69)(H,54,70)(H,55,57)(H,56,58)(H,59,61)(H,60,62). The van der Waals surface area contributed by atoms with Crippen molar-refractivity contribution >= 4 is 67.3 Å². The lowest BCUT2D eigenvalue weighted by Gasteiger charge is -2.34. The van der Waals surface area contributed by atoms with Gasteiger partial charge in [-0.1, -0.05) is 0 Å². The molecule has 4 aromatic heterocycles. The molecule has 3 saturated heterocycles. The number of hydrogen-bond donors (Lipinski definition) is 6. The van der Waals surface area contributed by atoms with Gasteiger partial charge in [0.05, 0.1) is 57.2 Å². The Bertz CT molecular complexity index is 2900. The number of hydrogen-bond acceptors (Lipinski definition) is 12. The minimum Gasteiger partial charge on any atom is -0.369 e. The van der Waals surface area contributed by atoms with Crippen LogP contribution in [0.3, 0.4) is 0 Å². The fourth-order valence-corrected chi connectivity index (χ4v) is 10.1. The number of aromatic amines is 4. The van der Waals surface area contributed by atoms with E-state index in [0.717, 1.165) is 183 Å². The number of carbonyl (C=O) groups is 2. The highest BCUT2D eigenvalue weighted by Crippen LogP contribution is 2.29. The van der Waals surface area contributed by atoms with Crippen LogP contribution < -0.4 is 20.4 Å². The number of aromatic nitrogens is 8. The summed E-state index contributed by atoms with van der Waals surface area (Å²) in [6.07, 6.45) is 2.54. The molecule has 3 aliphatic heterocycles. The second kappa shape index (κ2) is 20.2. The Kier molecular flexibility index (Phi) is 13.2. The fraction of sp³-hybridized carbons (Fsp3) is 0.423. The zero-order chi connectivity index (χ0) is 47.6. The van der Waals surface area contributed by atoms with Gasteiger partial charge in [0.25, 0.3) is 0 Å². The van der Waals surface area contributed by atoms with Crippen LogP contribution in [-0.2, 0) is 22.7 Å². The first-order valence-corrected chi connectivity index (χ1v) is 25.0. The van der Waals surface area contributed by atoms with Crippen LogP contribution >= 0.6 is 0 Å². The molecule has 0 aliphatic carbocycles. The van der Waals surface area contributed by atoms with Gasteiger partial charge in [-0.25, -0.2) is 19.9 Å². The first-order chi connectivity index (χ1) is 34.2. The van der Waals surface area contributed by atoms with Gasteiger partial charge in [0, 0.05) is 114 Å². The van der Waals surface area contributed by atoms with Crippen LogP contribution in [0.1, 0.15) is 37.3 Å². The van der Waals surface area contributed by atoms with Crippen molar-refractivity contribution in [3.8, 4) is 22.8 Å². The van der Waals surface area contributed by atoms with E-state index >= 15 is 0 Å². The minimum atomic E-state index is 0.0277. The molecule has 0 spiro atoms. The van der Waals surface area contributed by atoms with E-state index in [1.807, 2.05) is 24.3 Å². The number of nitrogens with zero attached hydrogens (tertiary/aromatic N) is 10. The second-order valence-electron chi connectivity index (χ2n) is 19.4. The summed E-state index contributed by atoms with van der Waals surface area (Å²) < 4.78 is 0. The molecule has 2 amide bonds. The zero-order valence-corrected chi connectivity index (χ0v) is 40.4. The summed E-state index contributed by atoms with van der Waals surface area (Å²) >= 11 is 0. The number of piperazine rings is 3. The molecule has 0 unspecified atom stereocenters. The molecule has 4 aromatic carbocycles. The zero-order valence-electron chi connectivity index (χ0n) is 40.4. The predicted octanol–water partition coefficient (Wildman–Crippen LogP) is 5.14. The third-order valence-electron chi connectivity index (χ3n) is 14.4. The van der Waals surface area contributed by atoms with Crippen LogP contribution in [-0.4, -0.2) is 177 Å². The highest BCUT2D eigenvalue weighted by Gasteiger charge is 2.20. The van der Waals surface area contributed by atoms with Crippen molar-refractivity contribution in [2.45, 2.75) is 38.8 Å². The Morgan fingerprint density at radius 3 is 1.29 bits per heavy atom. The molecule has 8 aromatic rings. The van der Waals surface area contributed by atoms with E-state index in [-0.39, 0.29) is 11.8 Å². The van der Waals surface area contributed by atoms with E-state index < -0.39 is 0 Å². The molecule has 0 saturated carbocycles. The van der Waals surface area contributed by atoms with E-state index in [4.69, 9.17) is 19.9 Å².